The van der Waals surface area contributed by atoms with Crippen LogP contribution in [0.3, 0.4) is 0 Å². The number of esters is 1. The first-order valence-electron chi connectivity index (χ1n) is 7.94. The molecule has 1 amide bonds. The Morgan fingerprint density at radius 1 is 1.24 bits per heavy atom. The first-order valence-corrected chi connectivity index (χ1v) is 7.94. The smallest absolute Gasteiger partial charge is 0.344 e. The number of carbonyl (C=O) groups is 2. The fourth-order valence-electron chi connectivity index (χ4n) is 2.22. The maximum Gasteiger partial charge on any atom is 0.344 e. The molecule has 1 N–H and O–H groups in total. The zero-order chi connectivity index (χ0) is 18.7. The maximum atomic E-state index is 13.5. The van der Waals surface area contributed by atoms with Gasteiger partial charge in [-0.05, 0) is 38.5 Å². The van der Waals surface area contributed by atoms with Crippen LogP contribution in [0.5, 0.6) is 0 Å². The zero-order valence-corrected chi connectivity index (χ0v) is 14.8. The Balaban J connectivity index is 2.07. The van der Waals surface area contributed by atoms with E-state index in [9.17, 15) is 14.0 Å². The van der Waals surface area contributed by atoms with Gasteiger partial charge in [0.2, 0.25) is 0 Å². The third-order valence-electron chi connectivity index (χ3n) is 3.71. The van der Waals surface area contributed by atoms with Crippen LogP contribution >= 0.6 is 0 Å². The summed E-state index contributed by atoms with van der Waals surface area (Å²) in [5.74, 6) is -1.31. The van der Waals surface area contributed by atoms with E-state index >= 15 is 0 Å². The monoisotopic (exact) mass is 348 g/mol. The van der Waals surface area contributed by atoms with Crippen LogP contribution in [0, 0.1) is 19.7 Å². The van der Waals surface area contributed by atoms with Gasteiger partial charge >= 0.3 is 5.97 Å². The Morgan fingerprint density at radius 2 is 1.92 bits per heavy atom. The van der Waals surface area contributed by atoms with E-state index in [0.717, 1.165) is 0 Å². The van der Waals surface area contributed by atoms with Crippen molar-refractivity contribution in [3.63, 3.8) is 0 Å². The average Bonchev–Trinajstić information content (AvgIpc) is 2.92. The molecule has 1 atom stereocenters. The minimum atomic E-state index is -1.06. The molecule has 0 spiro atoms. The Morgan fingerprint density at radius 3 is 2.52 bits per heavy atom. The normalized spacial score (nSPS) is 12.1. The Hall–Kier alpha value is -2.70. The maximum absolute atomic E-state index is 13.5. The lowest BCUT2D eigenvalue weighted by atomic mass is 10.1. The van der Waals surface area contributed by atoms with E-state index in [1.807, 2.05) is 13.8 Å². The minimum Gasteiger partial charge on any atom is -0.449 e. The van der Waals surface area contributed by atoms with Crippen molar-refractivity contribution < 1.29 is 23.2 Å². The molecule has 6 nitrogen and oxygen atoms in total. The second-order valence-electron chi connectivity index (χ2n) is 6.16. The van der Waals surface area contributed by atoms with Gasteiger partial charge in [0.25, 0.3) is 5.91 Å². The van der Waals surface area contributed by atoms with Crippen LogP contribution in [-0.4, -0.2) is 23.1 Å². The third-order valence-corrected chi connectivity index (χ3v) is 3.71. The molecule has 2 rings (SSSR count). The SMILES string of the molecule is Cc1ccc(NC(=O)[C@H](C)OC(=O)c2c(C)noc2C(C)C)cc1F. The van der Waals surface area contributed by atoms with Crippen molar-refractivity contribution in [3.8, 4) is 0 Å². The fraction of sp³-hybridized carbons (Fsp3) is 0.389. The second kappa shape index (κ2) is 7.46. The van der Waals surface area contributed by atoms with Gasteiger partial charge in [0.15, 0.2) is 11.9 Å². The van der Waals surface area contributed by atoms with E-state index in [0.29, 0.717) is 22.7 Å². The number of amides is 1. The molecule has 0 unspecified atom stereocenters. The quantitative estimate of drug-likeness (QED) is 0.833. The molecule has 0 fully saturated rings. The molecule has 1 aromatic heterocycles. The van der Waals surface area contributed by atoms with Crippen molar-refractivity contribution in [1.82, 2.24) is 5.16 Å². The van der Waals surface area contributed by atoms with Crippen LogP contribution in [0.25, 0.3) is 0 Å². The van der Waals surface area contributed by atoms with Crippen molar-refractivity contribution in [2.24, 2.45) is 0 Å². The van der Waals surface area contributed by atoms with Gasteiger partial charge in [0.05, 0.1) is 5.69 Å². The molecule has 0 aliphatic rings. The van der Waals surface area contributed by atoms with Gasteiger partial charge in [-0.25, -0.2) is 9.18 Å². The molecule has 25 heavy (non-hydrogen) atoms. The van der Waals surface area contributed by atoms with Gasteiger partial charge in [-0.2, -0.15) is 0 Å². The van der Waals surface area contributed by atoms with Crippen molar-refractivity contribution in [3.05, 3.63) is 46.6 Å². The van der Waals surface area contributed by atoms with E-state index < -0.39 is 23.8 Å². The van der Waals surface area contributed by atoms with Crippen LogP contribution in [-0.2, 0) is 9.53 Å². The summed E-state index contributed by atoms with van der Waals surface area (Å²) in [6.45, 7) is 8.41. The van der Waals surface area contributed by atoms with Gasteiger partial charge in [-0.3, -0.25) is 4.79 Å². The van der Waals surface area contributed by atoms with Gasteiger partial charge in [-0.15, -0.1) is 0 Å². The molecule has 7 heteroatoms. The van der Waals surface area contributed by atoms with Crippen molar-refractivity contribution in [1.29, 1.82) is 0 Å². The third kappa shape index (κ3) is 4.23. The molecular weight excluding hydrogens is 327 g/mol. The highest BCUT2D eigenvalue weighted by atomic mass is 19.1. The fourth-order valence-corrected chi connectivity index (χ4v) is 2.22. The van der Waals surface area contributed by atoms with E-state index in [2.05, 4.69) is 10.5 Å². The summed E-state index contributed by atoms with van der Waals surface area (Å²) in [4.78, 5) is 24.5. The number of halogens is 1. The van der Waals surface area contributed by atoms with Gasteiger partial charge in [0, 0.05) is 11.6 Å². The number of ether oxygens (including phenoxy) is 1. The van der Waals surface area contributed by atoms with Crippen LogP contribution < -0.4 is 5.32 Å². The molecular formula is C18H21FN2O4. The summed E-state index contributed by atoms with van der Waals surface area (Å²) in [6, 6.07) is 4.34. The Labute approximate surface area is 145 Å². The Kier molecular flexibility index (Phi) is 5.56. The molecule has 0 bridgehead atoms. The van der Waals surface area contributed by atoms with Gasteiger partial charge in [0.1, 0.15) is 11.4 Å². The van der Waals surface area contributed by atoms with Crippen LogP contribution in [0.4, 0.5) is 10.1 Å². The highest BCUT2D eigenvalue weighted by Crippen LogP contribution is 2.23. The average molecular weight is 348 g/mol. The lowest BCUT2D eigenvalue weighted by molar-refractivity contribution is -0.123. The number of nitrogens with zero attached hydrogens (tertiary/aromatic N) is 1. The van der Waals surface area contributed by atoms with Crippen molar-refractivity contribution in [2.45, 2.75) is 46.6 Å². The number of rotatable bonds is 5. The number of nitrogens with one attached hydrogen (secondary N) is 1. The number of hydrogen-bond acceptors (Lipinski definition) is 5. The van der Waals surface area contributed by atoms with Crippen LogP contribution in [0.15, 0.2) is 22.7 Å². The van der Waals surface area contributed by atoms with E-state index in [1.54, 1.807) is 26.0 Å². The summed E-state index contributed by atoms with van der Waals surface area (Å²) in [7, 11) is 0. The standard InChI is InChI=1S/C18H21FN2O4/c1-9(2)16-15(11(4)21-25-16)18(23)24-12(5)17(22)20-13-7-6-10(3)14(19)8-13/h6-9,12H,1-5H3,(H,20,22)/t12-/m0/s1. The number of anilines is 1. The molecule has 1 heterocycles. The molecule has 1 aromatic carbocycles. The first kappa shape index (κ1) is 18.6. The van der Waals surface area contributed by atoms with Gasteiger partial charge < -0.3 is 14.6 Å². The molecule has 134 valence electrons. The number of aromatic nitrogens is 1. The number of hydrogen-bond donors (Lipinski definition) is 1. The van der Waals surface area contributed by atoms with Crippen molar-refractivity contribution in [2.75, 3.05) is 5.32 Å². The number of aryl methyl sites for hydroxylation is 2. The lowest BCUT2D eigenvalue weighted by Crippen LogP contribution is -2.30. The predicted octanol–water partition coefficient (Wildman–Crippen LogP) is 3.74. The largest absolute Gasteiger partial charge is 0.449 e. The summed E-state index contributed by atoms with van der Waals surface area (Å²) >= 11 is 0. The highest BCUT2D eigenvalue weighted by Gasteiger charge is 2.27. The van der Waals surface area contributed by atoms with E-state index in [-0.39, 0.29) is 11.5 Å². The molecule has 0 aliphatic heterocycles. The highest BCUT2D eigenvalue weighted by molar-refractivity contribution is 5.98. The van der Waals surface area contributed by atoms with Gasteiger partial charge in [-0.1, -0.05) is 25.1 Å². The van der Waals surface area contributed by atoms with E-state index in [1.165, 1.54) is 13.0 Å². The predicted molar refractivity (Wildman–Crippen MR) is 90.0 cm³/mol. The summed E-state index contributed by atoms with van der Waals surface area (Å²) in [5.41, 5.74) is 1.40. The van der Waals surface area contributed by atoms with Crippen LogP contribution in [0.2, 0.25) is 0 Å². The molecule has 0 saturated heterocycles. The minimum absolute atomic E-state index is 0.0524. The summed E-state index contributed by atoms with van der Waals surface area (Å²) in [5, 5.41) is 6.30. The number of benzene rings is 1. The molecule has 2 aromatic rings. The molecule has 0 radical (unpaired) electrons. The van der Waals surface area contributed by atoms with Crippen LogP contribution in [0.1, 0.15) is 54.1 Å². The summed E-state index contributed by atoms with van der Waals surface area (Å²) < 4.78 is 23.9. The van der Waals surface area contributed by atoms with E-state index in [4.69, 9.17) is 9.26 Å². The topological polar surface area (TPSA) is 81.4 Å². The van der Waals surface area contributed by atoms with Crippen molar-refractivity contribution >= 4 is 17.6 Å². The zero-order valence-electron chi connectivity index (χ0n) is 14.8. The summed E-state index contributed by atoms with van der Waals surface area (Å²) in [6.07, 6.45) is -1.06. The first-order chi connectivity index (χ1) is 11.7. The Bertz CT molecular complexity index is 798. The lowest BCUT2D eigenvalue weighted by Gasteiger charge is -2.14. The molecule has 0 aliphatic carbocycles. The second-order valence-corrected chi connectivity index (χ2v) is 6.16. The number of carbonyl (C=O) groups excluding carboxylic acids is 2. The molecule has 0 saturated carbocycles.